The Morgan fingerprint density at radius 2 is 2.07 bits per heavy atom. The lowest BCUT2D eigenvalue weighted by atomic mass is 10.0. The molecule has 9 heteroatoms. The van der Waals surface area contributed by atoms with Gasteiger partial charge in [-0.1, -0.05) is 0 Å². The highest BCUT2D eigenvalue weighted by molar-refractivity contribution is 5.63. The number of carbonyl (C=O) groups is 1. The average Bonchev–Trinajstić information content (AvgIpc) is 2.73. The lowest BCUT2D eigenvalue weighted by Gasteiger charge is -2.37. The summed E-state index contributed by atoms with van der Waals surface area (Å²) in [6, 6.07) is 6.49. The van der Waals surface area contributed by atoms with Crippen molar-refractivity contribution >= 4 is 17.8 Å². The third-order valence-corrected chi connectivity index (χ3v) is 5.43. The molecule has 2 aliphatic heterocycles. The monoisotopic (exact) mass is 397 g/mol. The number of benzene rings is 1. The smallest absolute Gasteiger partial charge is 0.269 e. The molecular formula is C20H23N5O4. The topological polar surface area (TPSA) is 102 Å². The maximum atomic E-state index is 11.0. The third kappa shape index (κ3) is 3.96. The van der Waals surface area contributed by atoms with Gasteiger partial charge >= 0.3 is 0 Å². The number of rotatable bonds is 5. The van der Waals surface area contributed by atoms with Gasteiger partial charge in [0, 0.05) is 42.9 Å². The van der Waals surface area contributed by atoms with Gasteiger partial charge in [-0.15, -0.1) is 0 Å². The Bertz CT molecular complexity index is 918. The summed E-state index contributed by atoms with van der Waals surface area (Å²) in [6.07, 6.45) is 1.69. The SMILES string of the molecule is CC1COCCN1c1nc(-c2ccc([N+](=O)[O-])cc2)nc2c1CCN(CC=O)C2. The van der Waals surface area contributed by atoms with Crippen LogP contribution in [0.4, 0.5) is 11.5 Å². The van der Waals surface area contributed by atoms with Crippen LogP contribution in [0.25, 0.3) is 11.4 Å². The molecule has 2 aliphatic rings. The second-order valence-electron chi connectivity index (χ2n) is 7.37. The molecule has 0 amide bonds. The van der Waals surface area contributed by atoms with Crippen LogP contribution in [0.15, 0.2) is 24.3 Å². The summed E-state index contributed by atoms with van der Waals surface area (Å²) >= 11 is 0. The van der Waals surface area contributed by atoms with E-state index in [4.69, 9.17) is 14.7 Å². The average molecular weight is 397 g/mol. The maximum Gasteiger partial charge on any atom is 0.269 e. The van der Waals surface area contributed by atoms with Gasteiger partial charge in [-0.25, -0.2) is 9.97 Å². The Balaban J connectivity index is 1.77. The summed E-state index contributed by atoms with van der Waals surface area (Å²) < 4.78 is 5.58. The van der Waals surface area contributed by atoms with Crippen LogP contribution in [0.5, 0.6) is 0 Å². The van der Waals surface area contributed by atoms with E-state index >= 15 is 0 Å². The lowest BCUT2D eigenvalue weighted by molar-refractivity contribution is -0.384. The minimum Gasteiger partial charge on any atom is -0.377 e. The minimum absolute atomic E-state index is 0.0332. The molecule has 1 saturated heterocycles. The Kier molecular flexibility index (Phi) is 5.50. The number of nitro groups is 1. The molecule has 0 N–H and O–H groups in total. The first-order valence-electron chi connectivity index (χ1n) is 9.72. The van der Waals surface area contributed by atoms with Crippen LogP contribution in [0, 0.1) is 10.1 Å². The van der Waals surface area contributed by atoms with Crippen molar-refractivity contribution in [1.82, 2.24) is 14.9 Å². The number of hydrogen-bond acceptors (Lipinski definition) is 8. The van der Waals surface area contributed by atoms with Crippen LogP contribution in [-0.4, -0.2) is 65.0 Å². The van der Waals surface area contributed by atoms with E-state index in [0.29, 0.717) is 32.1 Å². The number of hydrogen-bond donors (Lipinski definition) is 0. The van der Waals surface area contributed by atoms with Gasteiger partial charge in [0.05, 0.1) is 36.4 Å². The number of nitro benzene ring substituents is 1. The molecule has 1 aromatic heterocycles. The molecule has 1 atom stereocenters. The standard InChI is InChI=1S/C20H23N5O4/c1-14-13-29-11-9-24(14)20-17-6-7-23(8-10-26)12-18(17)21-19(22-20)15-2-4-16(5-3-15)25(27)28/h2-5,10,14H,6-9,11-13H2,1H3. The predicted octanol–water partition coefficient (Wildman–Crippen LogP) is 1.83. The first-order valence-corrected chi connectivity index (χ1v) is 9.72. The van der Waals surface area contributed by atoms with E-state index in [2.05, 4.69) is 16.7 Å². The number of fused-ring (bicyclic) bond motifs is 1. The van der Waals surface area contributed by atoms with Crippen LogP contribution in [0.1, 0.15) is 18.2 Å². The normalized spacial score (nSPS) is 19.6. The Morgan fingerprint density at radius 3 is 2.76 bits per heavy atom. The zero-order chi connectivity index (χ0) is 20.4. The Morgan fingerprint density at radius 1 is 1.28 bits per heavy atom. The van der Waals surface area contributed by atoms with E-state index in [0.717, 1.165) is 48.4 Å². The van der Waals surface area contributed by atoms with Crippen molar-refractivity contribution in [3.8, 4) is 11.4 Å². The van der Waals surface area contributed by atoms with Crippen molar-refractivity contribution in [2.45, 2.75) is 25.9 Å². The third-order valence-electron chi connectivity index (χ3n) is 5.43. The quantitative estimate of drug-likeness (QED) is 0.428. The fraction of sp³-hybridized carbons (Fsp3) is 0.450. The van der Waals surface area contributed by atoms with Gasteiger partial charge in [0.25, 0.3) is 5.69 Å². The summed E-state index contributed by atoms with van der Waals surface area (Å²) in [5.41, 5.74) is 2.79. The van der Waals surface area contributed by atoms with Gasteiger partial charge < -0.3 is 14.4 Å². The van der Waals surface area contributed by atoms with E-state index in [1.807, 2.05) is 0 Å². The molecule has 1 fully saturated rings. The Hall–Kier alpha value is -2.91. The molecule has 2 aromatic rings. The molecule has 152 valence electrons. The fourth-order valence-electron chi connectivity index (χ4n) is 3.87. The highest BCUT2D eigenvalue weighted by Gasteiger charge is 2.28. The molecule has 0 saturated carbocycles. The van der Waals surface area contributed by atoms with Crippen LogP contribution < -0.4 is 4.90 Å². The van der Waals surface area contributed by atoms with Crippen molar-refractivity contribution in [2.75, 3.05) is 37.7 Å². The minimum atomic E-state index is -0.421. The van der Waals surface area contributed by atoms with Gasteiger partial charge in [-0.05, 0) is 25.5 Å². The van der Waals surface area contributed by atoms with Gasteiger partial charge in [0.2, 0.25) is 0 Å². The first-order chi connectivity index (χ1) is 14.1. The van der Waals surface area contributed by atoms with E-state index in [-0.39, 0.29) is 11.7 Å². The molecule has 4 rings (SSSR count). The molecule has 0 bridgehead atoms. The summed E-state index contributed by atoms with van der Waals surface area (Å²) in [7, 11) is 0. The molecule has 29 heavy (non-hydrogen) atoms. The van der Waals surface area contributed by atoms with Crippen molar-refractivity contribution in [3.05, 3.63) is 45.6 Å². The number of anilines is 1. The predicted molar refractivity (Wildman–Crippen MR) is 107 cm³/mol. The molecule has 9 nitrogen and oxygen atoms in total. The molecule has 1 aromatic carbocycles. The summed E-state index contributed by atoms with van der Waals surface area (Å²) in [5.74, 6) is 1.45. The van der Waals surface area contributed by atoms with Crippen LogP contribution in [-0.2, 0) is 22.5 Å². The van der Waals surface area contributed by atoms with Gasteiger partial charge in [-0.3, -0.25) is 15.0 Å². The number of non-ortho nitro benzene ring substituents is 1. The fourth-order valence-corrected chi connectivity index (χ4v) is 3.87. The number of aldehydes is 1. The number of aromatic nitrogens is 2. The zero-order valence-electron chi connectivity index (χ0n) is 16.3. The van der Waals surface area contributed by atoms with E-state index in [1.165, 1.54) is 12.1 Å². The highest BCUT2D eigenvalue weighted by Crippen LogP contribution is 2.31. The molecule has 0 radical (unpaired) electrons. The largest absolute Gasteiger partial charge is 0.377 e. The number of nitrogens with zero attached hydrogens (tertiary/aromatic N) is 5. The van der Waals surface area contributed by atoms with Crippen molar-refractivity contribution < 1.29 is 14.5 Å². The molecule has 3 heterocycles. The second-order valence-corrected chi connectivity index (χ2v) is 7.37. The van der Waals surface area contributed by atoms with Crippen LogP contribution in [0.2, 0.25) is 0 Å². The van der Waals surface area contributed by atoms with Crippen molar-refractivity contribution in [3.63, 3.8) is 0 Å². The zero-order valence-corrected chi connectivity index (χ0v) is 16.3. The van der Waals surface area contributed by atoms with E-state index < -0.39 is 4.92 Å². The van der Waals surface area contributed by atoms with E-state index in [1.54, 1.807) is 12.1 Å². The number of morpholine rings is 1. The lowest BCUT2D eigenvalue weighted by Crippen LogP contribution is -2.45. The van der Waals surface area contributed by atoms with Crippen molar-refractivity contribution in [1.29, 1.82) is 0 Å². The van der Waals surface area contributed by atoms with Crippen LogP contribution in [0.3, 0.4) is 0 Å². The molecule has 0 aliphatic carbocycles. The van der Waals surface area contributed by atoms with Crippen LogP contribution >= 0.6 is 0 Å². The van der Waals surface area contributed by atoms with Gasteiger partial charge in [0.15, 0.2) is 5.82 Å². The van der Waals surface area contributed by atoms with E-state index in [9.17, 15) is 14.9 Å². The highest BCUT2D eigenvalue weighted by atomic mass is 16.6. The van der Waals surface area contributed by atoms with Crippen molar-refractivity contribution in [2.24, 2.45) is 0 Å². The first kappa shape index (κ1) is 19.4. The summed E-state index contributed by atoms with van der Waals surface area (Å²) in [6.45, 7) is 5.90. The number of carbonyl (C=O) groups excluding carboxylic acids is 1. The van der Waals surface area contributed by atoms with Gasteiger partial charge in [0.1, 0.15) is 12.1 Å². The Labute approximate surface area is 168 Å². The summed E-state index contributed by atoms with van der Waals surface area (Å²) in [4.78, 5) is 35.5. The molecular weight excluding hydrogens is 374 g/mol. The number of ether oxygens (including phenoxy) is 1. The summed E-state index contributed by atoms with van der Waals surface area (Å²) in [5, 5.41) is 11.0. The second kappa shape index (κ2) is 8.22. The maximum absolute atomic E-state index is 11.0. The van der Waals surface area contributed by atoms with Gasteiger partial charge in [-0.2, -0.15) is 0 Å². The molecule has 1 unspecified atom stereocenters. The molecule has 0 spiro atoms.